The van der Waals surface area contributed by atoms with Gasteiger partial charge in [-0.15, -0.1) is 0 Å². The molecule has 0 aromatic rings. The zero-order valence-electron chi connectivity index (χ0n) is 9.56. The number of aliphatic carboxylic acids is 2. The predicted molar refractivity (Wildman–Crippen MR) is 58.2 cm³/mol. The third kappa shape index (κ3) is 4.18. The number of piperidine rings is 1. The van der Waals surface area contributed by atoms with Gasteiger partial charge < -0.3 is 15.1 Å². The second-order valence-corrected chi connectivity index (χ2v) is 4.60. The highest BCUT2D eigenvalue weighted by Gasteiger charge is 2.28. The Bertz CT molecular complexity index is 243. The zero-order valence-corrected chi connectivity index (χ0v) is 9.56. The molecular weight excluding hydrogens is 210 g/mol. The van der Waals surface area contributed by atoms with Crippen molar-refractivity contribution in [1.29, 1.82) is 0 Å². The Morgan fingerprint density at radius 2 is 1.62 bits per heavy atom. The van der Waals surface area contributed by atoms with E-state index in [0.717, 1.165) is 25.9 Å². The Hall–Kier alpha value is -1.10. The number of nitrogens with zero attached hydrogens (tertiary/aromatic N) is 1. The predicted octanol–water partition coefficient (Wildman–Crippen LogP) is 0.894. The fourth-order valence-corrected chi connectivity index (χ4v) is 2.35. The number of hydrogen-bond acceptors (Lipinski definition) is 3. The zero-order chi connectivity index (χ0) is 12.1. The molecule has 92 valence electrons. The molecule has 0 amide bonds. The van der Waals surface area contributed by atoms with Crippen LogP contribution in [0.3, 0.4) is 0 Å². The topological polar surface area (TPSA) is 77.8 Å². The SMILES string of the molecule is CN1CCC(C(CC(=O)O)CC(=O)O)CC1. The Balaban J connectivity index is 2.53. The molecule has 1 heterocycles. The summed E-state index contributed by atoms with van der Waals surface area (Å²) in [4.78, 5) is 23.6. The van der Waals surface area contributed by atoms with E-state index in [1.165, 1.54) is 0 Å². The Morgan fingerprint density at radius 3 is 2.00 bits per heavy atom. The molecule has 1 saturated heterocycles. The van der Waals surface area contributed by atoms with E-state index in [9.17, 15) is 9.59 Å². The van der Waals surface area contributed by atoms with Crippen LogP contribution < -0.4 is 0 Å². The quantitative estimate of drug-likeness (QED) is 0.732. The fraction of sp³-hybridized carbons (Fsp3) is 0.818. The second kappa shape index (κ2) is 5.84. The van der Waals surface area contributed by atoms with Gasteiger partial charge in [0.1, 0.15) is 0 Å². The summed E-state index contributed by atoms with van der Waals surface area (Å²) in [5, 5.41) is 17.6. The molecular formula is C11H19NO4. The van der Waals surface area contributed by atoms with Crippen LogP contribution in [0.4, 0.5) is 0 Å². The lowest BCUT2D eigenvalue weighted by Gasteiger charge is -2.33. The smallest absolute Gasteiger partial charge is 0.303 e. The minimum atomic E-state index is -0.898. The molecule has 0 saturated carbocycles. The van der Waals surface area contributed by atoms with Crippen molar-refractivity contribution in [2.24, 2.45) is 11.8 Å². The molecule has 1 aliphatic rings. The highest BCUT2D eigenvalue weighted by molar-refractivity contribution is 5.70. The second-order valence-electron chi connectivity index (χ2n) is 4.60. The lowest BCUT2D eigenvalue weighted by Crippen LogP contribution is -2.34. The van der Waals surface area contributed by atoms with Crippen molar-refractivity contribution in [1.82, 2.24) is 4.90 Å². The summed E-state index contributed by atoms with van der Waals surface area (Å²) in [7, 11) is 2.03. The van der Waals surface area contributed by atoms with Gasteiger partial charge in [0.2, 0.25) is 0 Å². The molecule has 0 aromatic carbocycles. The van der Waals surface area contributed by atoms with Crippen molar-refractivity contribution in [3.05, 3.63) is 0 Å². The number of hydrogen-bond donors (Lipinski definition) is 2. The van der Waals surface area contributed by atoms with Crippen molar-refractivity contribution in [2.75, 3.05) is 20.1 Å². The van der Waals surface area contributed by atoms with E-state index in [2.05, 4.69) is 4.90 Å². The monoisotopic (exact) mass is 229 g/mol. The summed E-state index contributed by atoms with van der Waals surface area (Å²) in [6.45, 7) is 1.86. The van der Waals surface area contributed by atoms with Gasteiger partial charge in [-0.3, -0.25) is 9.59 Å². The normalized spacial score (nSPS) is 18.9. The van der Waals surface area contributed by atoms with E-state index in [-0.39, 0.29) is 24.7 Å². The molecule has 5 heteroatoms. The summed E-state index contributed by atoms with van der Waals surface area (Å²) >= 11 is 0. The lowest BCUT2D eigenvalue weighted by molar-refractivity contribution is -0.141. The van der Waals surface area contributed by atoms with Crippen LogP contribution in [0, 0.1) is 11.8 Å². The molecule has 0 spiro atoms. The van der Waals surface area contributed by atoms with Crippen LogP contribution >= 0.6 is 0 Å². The van der Waals surface area contributed by atoms with E-state index in [1.807, 2.05) is 7.05 Å². The Kier molecular flexibility index (Phi) is 4.73. The average molecular weight is 229 g/mol. The number of carbonyl (C=O) groups is 2. The van der Waals surface area contributed by atoms with Crippen molar-refractivity contribution in [3.8, 4) is 0 Å². The molecule has 0 atom stereocenters. The molecule has 5 nitrogen and oxygen atoms in total. The molecule has 0 unspecified atom stereocenters. The lowest BCUT2D eigenvalue weighted by atomic mass is 9.80. The molecule has 0 radical (unpaired) electrons. The highest BCUT2D eigenvalue weighted by Crippen LogP contribution is 2.29. The number of likely N-dealkylation sites (tertiary alicyclic amines) is 1. The van der Waals surface area contributed by atoms with Gasteiger partial charge in [0, 0.05) is 12.8 Å². The molecule has 1 aliphatic heterocycles. The average Bonchev–Trinajstić information content (AvgIpc) is 2.16. The summed E-state index contributed by atoms with van der Waals surface area (Å²) in [6.07, 6.45) is 1.75. The van der Waals surface area contributed by atoms with Crippen molar-refractivity contribution in [2.45, 2.75) is 25.7 Å². The van der Waals surface area contributed by atoms with E-state index in [0.29, 0.717) is 0 Å². The maximum Gasteiger partial charge on any atom is 0.303 e. The van der Waals surface area contributed by atoms with Gasteiger partial charge in [0.05, 0.1) is 0 Å². The van der Waals surface area contributed by atoms with E-state index in [4.69, 9.17) is 10.2 Å². The molecule has 1 rings (SSSR count). The van der Waals surface area contributed by atoms with Crippen LogP contribution in [-0.4, -0.2) is 47.2 Å². The maximum absolute atomic E-state index is 10.7. The fourth-order valence-electron chi connectivity index (χ4n) is 2.35. The van der Waals surface area contributed by atoms with E-state index >= 15 is 0 Å². The van der Waals surface area contributed by atoms with E-state index in [1.54, 1.807) is 0 Å². The van der Waals surface area contributed by atoms with E-state index < -0.39 is 11.9 Å². The molecule has 0 bridgehead atoms. The first kappa shape index (κ1) is 13.0. The van der Waals surface area contributed by atoms with Gasteiger partial charge >= 0.3 is 11.9 Å². The number of rotatable bonds is 5. The van der Waals surface area contributed by atoms with Gasteiger partial charge in [-0.2, -0.15) is 0 Å². The molecule has 1 fully saturated rings. The van der Waals surface area contributed by atoms with Crippen molar-refractivity contribution < 1.29 is 19.8 Å². The van der Waals surface area contributed by atoms with Crippen molar-refractivity contribution >= 4 is 11.9 Å². The van der Waals surface area contributed by atoms with Crippen LogP contribution in [-0.2, 0) is 9.59 Å². The first-order valence-electron chi connectivity index (χ1n) is 5.61. The molecule has 16 heavy (non-hydrogen) atoms. The van der Waals surface area contributed by atoms with Crippen LogP contribution in [0.5, 0.6) is 0 Å². The van der Waals surface area contributed by atoms with Crippen LogP contribution in [0.25, 0.3) is 0 Å². The third-order valence-corrected chi connectivity index (χ3v) is 3.30. The van der Waals surface area contributed by atoms with Gasteiger partial charge in [-0.1, -0.05) is 0 Å². The van der Waals surface area contributed by atoms with Gasteiger partial charge in [-0.05, 0) is 44.8 Å². The van der Waals surface area contributed by atoms with Crippen LogP contribution in [0.1, 0.15) is 25.7 Å². The maximum atomic E-state index is 10.7. The Morgan fingerprint density at radius 1 is 1.19 bits per heavy atom. The Labute approximate surface area is 95.1 Å². The van der Waals surface area contributed by atoms with Crippen LogP contribution in [0.2, 0.25) is 0 Å². The third-order valence-electron chi connectivity index (χ3n) is 3.30. The summed E-state index contributed by atoms with van der Waals surface area (Å²) in [5.74, 6) is -1.78. The summed E-state index contributed by atoms with van der Waals surface area (Å²) < 4.78 is 0. The highest BCUT2D eigenvalue weighted by atomic mass is 16.4. The first-order chi connectivity index (χ1) is 7.49. The van der Waals surface area contributed by atoms with Crippen LogP contribution in [0.15, 0.2) is 0 Å². The van der Waals surface area contributed by atoms with Crippen molar-refractivity contribution in [3.63, 3.8) is 0 Å². The minimum Gasteiger partial charge on any atom is -0.481 e. The molecule has 0 aliphatic carbocycles. The minimum absolute atomic E-state index is 0.0271. The molecule has 0 aromatic heterocycles. The number of carboxylic acids is 2. The summed E-state index contributed by atoms with van der Waals surface area (Å²) in [6, 6.07) is 0. The van der Waals surface area contributed by atoms with Gasteiger partial charge in [0.25, 0.3) is 0 Å². The number of carboxylic acid groups (broad SMARTS) is 2. The first-order valence-corrected chi connectivity index (χ1v) is 5.61. The summed E-state index contributed by atoms with van der Waals surface area (Å²) in [5.41, 5.74) is 0. The standard InChI is InChI=1S/C11H19NO4/c1-12-4-2-8(3-5-12)9(6-10(13)14)7-11(15)16/h8-9H,2-7H2,1H3,(H,13,14)(H,15,16). The molecule has 2 N–H and O–H groups in total. The van der Waals surface area contributed by atoms with Gasteiger partial charge in [-0.25, -0.2) is 0 Å². The van der Waals surface area contributed by atoms with Gasteiger partial charge in [0.15, 0.2) is 0 Å². The largest absolute Gasteiger partial charge is 0.481 e.